The molecule has 0 aliphatic heterocycles. The van der Waals surface area contributed by atoms with Gasteiger partial charge in [0.1, 0.15) is 10.4 Å². The van der Waals surface area contributed by atoms with E-state index in [4.69, 9.17) is 5.84 Å². The molecule has 1 heterocycles. The first-order valence-corrected chi connectivity index (χ1v) is 8.52. The summed E-state index contributed by atoms with van der Waals surface area (Å²) in [5.41, 5.74) is 1.85. The molecular formula is C14H14N3O2S2+. The number of H-pyrrole nitrogens is 1. The van der Waals surface area contributed by atoms with Gasteiger partial charge < -0.3 is 0 Å². The quantitative estimate of drug-likeness (QED) is 0.593. The van der Waals surface area contributed by atoms with Crippen LogP contribution in [0.1, 0.15) is 5.56 Å². The Balaban J connectivity index is 2.03. The lowest BCUT2D eigenvalue weighted by atomic mass is 10.2. The Hall–Kier alpha value is -1.96. The van der Waals surface area contributed by atoms with Crippen LogP contribution in [0.5, 0.6) is 0 Å². The Kier molecular flexibility index (Phi) is 3.40. The van der Waals surface area contributed by atoms with Crippen LogP contribution in [0, 0.1) is 6.92 Å². The van der Waals surface area contributed by atoms with E-state index in [1.54, 1.807) is 24.3 Å². The van der Waals surface area contributed by atoms with E-state index in [1.165, 1.54) is 11.3 Å². The Labute approximate surface area is 126 Å². The Bertz CT molecular complexity index is 853. The molecule has 0 bridgehead atoms. The van der Waals surface area contributed by atoms with Crippen LogP contribution in [0.15, 0.2) is 53.4 Å². The number of nitrogens with one attached hydrogen (secondary N) is 1. The van der Waals surface area contributed by atoms with Crippen molar-refractivity contribution in [1.82, 2.24) is 0 Å². The normalized spacial score (nSPS) is 11.7. The Morgan fingerprint density at radius 2 is 1.76 bits per heavy atom. The number of nitrogens with zero attached hydrogens (tertiary/aromatic N) is 1. The fraction of sp³-hybridized carbons (Fsp3) is 0.0714. The molecule has 1 aromatic heterocycles. The number of rotatable bonds is 3. The summed E-state index contributed by atoms with van der Waals surface area (Å²) in [5, 5.41) is 0.372. The summed E-state index contributed by atoms with van der Waals surface area (Å²) in [6.07, 6.45) is 0. The number of thiazole rings is 1. The average molecular weight is 320 g/mol. The lowest BCUT2D eigenvalue weighted by molar-refractivity contribution is -0.323. The summed E-state index contributed by atoms with van der Waals surface area (Å²) in [4.78, 5) is 3.19. The third kappa shape index (κ3) is 2.51. The summed E-state index contributed by atoms with van der Waals surface area (Å²) in [6.45, 7) is 1.90. The van der Waals surface area contributed by atoms with Crippen molar-refractivity contribution in [3.05, 3.63) is 54.1 Å². The van der Waals surface area contributed by atoms with Crippen LogP contribution in [-0.2, 0) is 10.0 Å². The van der Waals surface area contributed by atoms with Gasteiger partial charge in [0.05, 0.1) is 4.70 Å². The first-order chi connectivity index (χ1) is 9.98. The molecule has 3 N–H and O–H groups in total. The average Bonchev–Trinajstić information content (AvgIpc) is 2.90. The van der Waals surface area contributed by atoms with Gasteiger partial charge in [-0.3, -0.25) is 0 Å². The maximum atomic E-state index is 12.5. The molecule has 2 aromatic carbocycles. The fourth-order valence-corrected chi connectivity index (χ4v) is 4.15. The topological polar surface area (TPSA) is 77.5 Å². The number of nitrogens with two attached hydrogens (primary N) is 1. The van der Waals surface area contributed by atoms with Crippen molar-refractivity contribution in [2.75, 3.05) is 4.41 Å². The van der Waals surface area contributed by atoms with Gasteiger partial charge in [-0.25, -0.2) is 4.98 Å². The highest BCUT2D eigenvalue weighted by atomic mass is 32.2. The maximum absolute atomic E-state index is 12.5. The van der Waals surface area contributed by atoms with Gasteiger partial charge in [0.2, 0.25) is 0 Å². The van der Waals surface area contributed by atoms with Crippen molar-refractivity contribution in [2.45, 2.75) is 11.8 Å². The van der Waals surface area contributed by atoms with Crippen LogP contribution < -0.4 is 15.2 Å². The zero-order valence-electron chi connectivity index (χ0n) is 11.3. The number of hydrogen-bond acceptors (Lipinski definition) is 4. The highest BCUT2D eigenvalue weighted by Crippen LogP contribution is 2.26. The molecule has 21 heavy (non-hydrogen) atoms. The minimum atomic E-state index is -3.77. The van der Waals surface area contributed by atoms with E-state index in [-0.39, 0.29) is 4.90 Å². The van der Waals surface area contributed by atoms with Crippen molar-refractivity contribution in [3.63, 3.8) is 0 Å². The van der Waals surface area contributed by atoms with Crippen molar-refractivity contribution in [2.24, 2.45) is 5.84 Å². The number of benzene rings is 2. The summed E-state index contributed by atoms with van der Waals surface area (Å²) in [7, 11) is -3.77. The number of fused-ring (bicyclic) bond motifs is 1. The number of sulfonamides is 1. The molecule has 0 saturated heterocycles. The minimum absolute atomic E-state index is 0.168. The highest BCUT2D eigenvalue weighted by Gasteiger charge is 2.32. The Morgan fingerprint density at radius 1 is 1.10 bits per heavy atom. The fourth-order valence-electron chi connectivity index (χ4n) is 1.94. The number of hydrazine groups is 1. The van der Waals surface area contributed by atoms with Crippen LogP contribution in [0.3, 0.4) is 0 Å². The largest absolute Gasteiger partial charge is 0.369 e. The molecule has 0 radical (unpaired) electrons. The van der Waals surface area contributed by atoms with E-state index >= 15 is 0 Å². The second-order valence-corrected chi connectivity index (χ2v) is 7.49. The SMILES string of the molecule is Cc1ccc(S(=O)(=O)N(N)c2[nH+]c3ccccc3s2)cc1. The second-order valence-electron chi connectivity index (χ2n) is 4.64. The molecule has 5 nitrogen and oxygen atoms in total. The molecule has 0 amide bonds. The smallest absolute Gasteiger partial charge is 0.228 e. The molecule has 0 aliphatic rings. The third-order valence-electron chi connectivity index (χ3n) is 3.11. The van der Waals surface area contributed by atoms with E-state index < -0.39 is 10.0 Å². The van der Waals surface area contributed by atoms with E-state index in [1.807, 2.05) is 31.2 Å². The minimum Gasteiger partial charge on any atom is -0.228 e. The van der Waals surface area contributed by atoms with Crippen LogP contribution in [0.2, 0.25) is 0 Å². The van der Waals surface area contributed by atoms with Crippen molar-refractivity contribution in [3.8, 4) is 0 Å². The number of para-hydroxylation sites is 1. The number of anilines is 1. The zero-order valence-corrected chi connectivity index (χ0v) is 12.9. The van der Waals surface area contributed by atoms with Gasteiger partial charge in [-0.1, -0.05) is 34.2 Å². The van der Waals surface area contributed by atoms with Gasteiger partial charge in [0, 0.05) is 0 Å². The Morgan fingerprint density at radius 3 is 2.43 bits per heavy atom. The predicted molar refractivity (Wildman–Crippen MR) is 83.4 cm³/mol. The lowest BCUT2D eigenvalue weighted by Crippen LogP contribution is -2.39. The van der Waals surface area contributed by atoms with Gasteiger partial charge in [-0.15, -0.1) is 0 Å². The number of aromatic nitrogens is 1. The molecule has 3 aromatic rings. The van der Waals surface area contributed by atoms with Crippen molar-refractivity contribution >= 4 is 36.7 Å². The molecule has 0 aliphatic carbocycles. The molecular weight excluding hydrogens is 306 g/mol. The zero-order chi connectivity index (χ0) is 15.0. The van der Waals surface area contributed by atoms with Crippen LogP contribution in [0.4, 0.5) is 5.13 Å². The first-order valence-electron chi connectivity index (χ1n) is 6.26. The summed E-state index contributed by atoms with van der Waals surface area (Å²) >= 11 is 1.30. The molecule has 0 spiro atoms. The first kappa shape index (κ1) is 14.0. The molecule has 3 rings (SSSR count). The van der Waals surface area contributed by atoms with Gasteiger partial charge in [0.15, 0.2) is 0 Å². The summed E-state index contributed by atoms with van der Waals surface area (Å²) in [5.74, 6) is 5.83. The predicted octanol–water partition coefficient (Wildman–Crippen LogP) is 2.09. The van der Waals surface area contributed by atoms with E-state index in [0.717, 1.165) is 20.2 Å². The highest BCUT2D eigenvalue weighted by molar-refractivity contribution is 7.93. The van der Waals surface area contributed by atoms with Crippen LogP contribution in [-0.4, -0.2) is 8.42 Å². The molecule has 0 atom stereocenters. The van der Waals surface area contributed by atoms with Gasteiger partial charge in [-0.05, 0) is 42.5 Å². The number of aromatic amines is 1. The van der Waals surface area contributed by atoms with Gasteiger partial charge in [-0.2, -0.15) is 14.3 Å². The van der Waals surface area contributed by atoms with Crippen molar-refractivity contribution in [1.29, 1.82) is 0 Å². The molecule has 0 fully saturated rings. The van der Waals surface area contributed by atoms with Gasteiger partial charge in [0.25, 0.3) is 0 Å². The number of hydrogen-bond donors (Lipinski definition) is 1. The second kappa shape index (κ2) is 5.10. The third-order valence-corrected chi connectivity index (χ3v) is 5.87. The van der Waals surface area contributed by atoms with E-state index in [2.05, 4.69) is 4.98 Å². The number of aryl methyl sites for hydroxylation is 1. The molecule has 0 saturated carbocycles. The lowest BCUT2D eigenvalue weighted by Gasteiger charge is -2.08. The monoisotopic (exact) mass is 320 g/mol. The molecule has 108 valence electrons. The van der Waals surface area contributed by atoms with Crippen LogP contribution >= 0.6 is 11.3 Å². The van der Waals surface area contributed by atoms with Gasteiger partial charge >= 0.3 is 15.2 Å². The van der Waals surface area contributed by atoms with E-state index in [0.29, 0.717) is 5.13 Å². The molecule has 7 heteroatoms. The van der Waals surface area contributed by atoms with Crippen LogP contribution in [0.25, 0.3) is 10.2 Å². The summed E-state index contributed by atoms with van der Waals surface area (Å²) < 4.78 is 26.8. The van der Waals surface area contributed by atoms with Crippen molar-refractivity contribution < 1.29 is 13.4 Å². The standard InChI is InChI=1S/C14H13N3O2S2/c1-10-6-8-11(9-7-10)21(18,19)17(15)14-16-12-4-2-3-5-13(12)20-14/h2-9H,15H2,1H3/p+1. The summed E-state index contributed by atoms with van der Waals surface area (Å²) in [6, 6.07) is 14.2. The van der Waals surface area contributed by atoms with E-state index in [9.17, 15) is 8.42 Å². The maximum Gasteiger partial charge on any atom is 0.369 e. The molecule has 0 unspecified atom stereocenters.